The summed E-state index contributed by atoms with van der Waals surface area (Å²) in [5.41, 5.74) is 1.37. The molecule has 0 amide bonds. The average molecular weight is 239 g/mol. The lowest BCUT2D eigenvalue weighted by Gasteiger charge is -2.05. The van der Waals surface area contributed by atoms with E-state index in [9.17, 15) is 0 Å². The van der Waals surface area contributed by atoms with E-state index in [0.29, 0.717) is 0 Å². The molecular weight excluding hydrogens is 218 g/mol. The van der Waals surface area contributed by atoms with Crippen molar-refractivity contribution >= 4 is 11.8 Å². The smallest absolute Gasteiger partial charge is 0.0443 e. The number of rotatable bonds is 8. The maximum atomic E-state index is 8.62. The molecule has 2 N–H and O–H groups in total. The Kier molecular flexibility index (Phi) is 7.30. The normalized spacial score (nSPS) is 10.6. The van der Waals surface area contributed by atoms with Crippen LogP contribution in [0.2, 0.25) is 0 Å². The largest absolute Gasteiger partial charge is 0.396 e. The molecule has 0 bridgehead atoms. The number of hydrogen-bond acceptors (Lipinski definition) is 3. The Morgan fingerprint density at radius 1 is 1.19 bits per heavy atom. The SMILES string of the molecule is CCSc1ccc(CCNCCCO)cc1. The number of aliphatic hydroxyl groups excluding tert-OH is 1. The summed E-state index contributed by atoms with van der Waals surface area (Å²) >= 11 is 1.88. The highest BCUT2D eigenvalue weighted by atomic mass is 32.2. The molecule has 0 atom stereocenters. The Bertz CT molecular complexity index is 274. The van der Waals surface area contributed by atoms with Crippen LogP contribution in [-0.4, -0.2) is 30.6 Å². The van der Waals surface area contributed by atoms with E-state index in [1.54, 1.807) is 0 Å². The predicted octanol–water partition coefficient (Wildman–Crippen LogP) is 2.31. The minimum atomic E-state index is 0.274. The average Bonchev–Trinajstić information content (AvgIpc) is 2.31. The van der Waals surface area contributed by atoms with Crippen molar-refractivity contribution < 1.29 is 5.11 Å². The van der Waals surface area contributed by atoms with E-state index in [4.69, 9.17) is 5.11 Å². The number of hydrogen-bond donors (Lipinski definition) is 2. The van der Waals surface area contributed by atoms with Crippen LogP contribution >= 0.6 is 11.8 Å². The van der Waals surface area contributed by atoms with Crippen LogP contribution in [0.4, 0.5) is 0 Å². The third-order valence-corrected chi connectivity index (χ3v) is 3.23. The van der Waals surface area contributed by atoms with Crippen molar-refractivity contribution in [3.8, 4) is 0 Å². The third kappa shape index (κ3) is 5.54. The molecule has 0 radical (unpaired) electrons. The molecule has 1 aromatic carbocycles. The predicted molar refractivity (Wildman–Crippen MR) is 71.1 cm³/mol. The molecular formula is C13H21NOS. The molecule has 2 nitrogen and oxygen atoms in total. The van der Waals surface area contributed by atoms with E-state index in [1.807, 2.05) is 11.8 Å². The molecule has 3 heteroatoms. The first kappa shape index (κ1) is 13.6. The summed E-state index contributed by atoms with van der Waals surface area (Å²) in [7, 11) is 0. The first-order valence-corrected chi connectivity index (χ1v) is 6.88. The fourth-order valence-electron chi connectivity index (χ4n) is 1.48. The molecule has 0 heterocycles. The van der Waals surface area contributed by atoms with Gasteiger partial charge in [-0.15, -0.1) is 11.8 Å². The second-order valence-corrected chi connectivity index (χ2v) is 4.99. The topological polar surface area (TPSA) is 32.3 Å². The van der Waals surface area contributed by atoms with Crippen LogP contribution in [-0.2, 0) is 6.42 Å². The van der Waals surface area contributed by atoms with Crippen LogP contribution in [0.5, 0.6) is 0 Å². The lowest BCUT2D eigenvalue weighted by Crippen LogP contribution is -2.19. The van der Waals surface area contributed by atoms with Crippen LogP contribution in [0.25, 0.3) is 0 Å². The van der Waals surface area contributed by atoms with Gasteiger partial charge in [-0.05, 0) is 49.4 Å². The number of aliphatic hydroxyl groups is 1. The van der Waals surface area contributed by atoms with Crippen molar-refractivity contribution in [2.45, 2.75) is 24.7 Å². The van der Waals surface area contributed by atoms with Crippen LogP contribution in [0.15, 0.2) is 29.2 Å². The summed E-state index contributed by atoms with van der Waals surface area (Å²) in [6.07, 6.45) is 1.90. The van der Waals surface area contributed by atoms with Gasteiger partial charge >= 0.3 is 0 Å². The number of nitrogens with one attached hydrogen (secondary N) is 1. The van der Waals surface area contributed by atoms with Gasteiger partial charge in [0.05, 0.1) is 0 Å². The van der Waals surface area contributed by atoms with E-state index in [2.05, 4.69) is 36.5 Å². The maximum Gasteiger partial charge on any atom is 0.0443 e. The van der Waals surface area contributed by atoms with Crippen molar-refractivity contribution in [3.63, 3.8) is 0 Å². The highest BCUT2D eigenvalue weighted by Gasteiger charge is 1.94. The lowest BCUT2D eigenvalue weighted by molar-refractivity contribution is 0.286. The summed E-state index contributed by atoms with van der Waals surface area (Å²) in [4.78, 5) is 1.35. The molecule has 90 valence electrons. The van der Waals surface area contributed by atoms with E-state index in [1.165, 1.54) is 10.5 Å². The molecule has 0 aromatic heterocycles. The fraction of sp³-hybridized carbons (Fsp3) is 0.538. The second kappa shape index (κ2) is 8.62. The van der Waals surface area contributed by atoms with E-state index >= 15 is 0 Å². The Morgan fingerprint density at radius 3 is 2.56 bits per heavy atom. The van der Waals surface area contributed by atoms with Crippen molar-refractivity contribution in [2.75, 3.05) is 25.4 Å². The summed E-state index contributed by atoms with van der Waals surface area (Å²) in [5.74, 6) is 1.13. The molecule has 0 saturated carbocycles. The van der Waals surface area contributed by atoms with Gasteiger partial charge in [-0.25, -0.2) is 0 Å². The summed E-state index contributed by atoms with van der Waals surface area (Å²) < 4.78 is 0. The van der Waals surface area contributed by atoms with Gasteiger partial charge in [-0.1, -0.05) is 19.1 Å². The second-order valence-electron chi connectivity index (χ2n) is 3.65. The van der Waals surface area contributed by atoms with Crippen LogP contribution in [0.1, 0.15) is 18.9 Å². The molecule has 0 aliphatic carbocycles. The summed E-state index contributed by atoms with van der Waals surface area (Å²) in [5, 5.41) is 11.9. The summed E-state index contributed by atoms with van der Waals surface area (Å²) in [6.45, 7) is 4.33. The van der Waals surface area contributed by atoms with Crippen molar-refractivity contribution in [1.82, 2.24) is 5.32 Å². The molecule has 0 aliphatic rings. The molecule has 1 aromatic rings. The first-order chi connectivity index (χ1) is 7.86. The lowest BCUT2D eigenvalue weighted by atomic mass is 10.1. The summed E-state index contributed by atoms with van der Waals surface area (Å²) in [6, 6.07) is 8.78. The van der Waals surface area contributed by atoms with Gasteiger partial charge in [-0.3, -0.25) is 0 Å². The van der Waals surface area contributed by atoms with Gasteiger partial charge in [-0.2, -0.15) is 0 Å². The van der Waals surface area contributed by atoms with Gasteiger partial charge in [0.25, 0.3) is 0 Å². The molecule has 0 spiro atoms. The first-order valence-electron chi connectivity index (χ1n) is 5.90. The quantitative estimate of drug-likeness (QED) is 0.539. The van der Waals surface area contributed by atoms with Crippen molar-refractivity contribution in [3.05, 3.63) is 29.8 Å². The maximum absolute atomic E-state index is 8.62. The van der Waals surface area contributed by atoms with E-state index < -0.39 is 0 Å². The van der Waals surface area contributed by atoms with Gasteiger partial charge in [0.15, 0.2) is 0 Å². The van der Waals surface area contributed by atoms with Crippen LogP contribution < -0.4 is 5.32 Å². The Balaban J connectivity index is 2.21. The molecule has 0 aliphatic heterocycles. The van der Waals surface area contributed by atoms with Crippen molar-refractivity contribution in [2.24, 2.45) is 0 Å². The number of benzene rings is 1. The van der Waals surface area contributed by atoms with Crippen molar-refractivity contribution in [1.29, 1.82) is 0 Å². The van der Waals surface area contributed by atoms with Gasteiger partial charge < -0.3 is 10.4 Å². The minimum Gasteiger partial charge on any atom is -0.396 e. The van der Waals surface area contributed by atoms with E-state index in [-0.39, 0.29) is 6.61 Å². The minimum absolute atomic E-state index is 0.274. The third-order valence-electron chi connectivity index (χ3n) is 2.34. The van der Waals surface area contributed by atoms with Gasteiger partial charge in [0.1, 0.15) is 0 Å². The van der Waals surface area contributed by atoms with Gasteiger partial charge in [0, 0.05) is 11.5 Å². The van der Waals surface area contributed by atoms with E-state index in [0.717, 1.165) is 31.7 Å². The van der Waals surface area contributed by atoms with Crippen LogP contribution in [0, 0.1) is 0 Å². The molecule has 0 fully saturated rings. The molecule has 0 saturated heterocycles. The Labute approximate surface area is 102 Å². The zero-order valence-corrected chi connectivity index (χ0v) is 10.7. The zero-order valence-electron chi connectivity index (χ0n) is 9.91. The monoisotopic (exact) mass is 239 g/mol. The Morgan fingerprint density at radius 2 is 1.94 bits per heavy atom. The highest BCUT2D eigenvalue weighted by Crippen LogP contribution is 2.17. The van der Waals surface area contributed by atoms with Crippen LogP contribution in [0.3, 0.4) is 0 Å². The molecule has 1 rings (SSSR count). The van der Waals surface area contributed by atoms with Gasteiger partial charge in [0.2, 0.25) is 0 Å². The standard InChI is InChI=1S/C13H21NOS/c1-2-16-13-6-4-12(5-7-13)8-10-14-9-3-11-15/h4-7,14-15H,2-3,8-11H2,1H3. The fourth-order valence-corrected chi connectivity index (χ4v) is 2.14. The zero-order chi connectivity index (χ0) is 11.6. The number of thioether (sulfide) groups is 1. The Hall–Kier alpha value is -0.510. The highest BCUT2D eigenvalue weighted by molar-refractivity contribution is 7.99. The molecule has 0 unspecified atom stereocenters. The molecule has 16 heavy (non-hydrogen) atoms.